The van der Waals surface area contributed by atoms with Gasteiger partial charge in [0.2, 0.25) is 10.0 Å². The maximum absolute atomic E-state index is 12.5. The number of anilines is 3. The summed E-state index contributed by atoms with van der Waals surface area (Å²) in [4.78, 5) is 12.2. The van der Waals surface area contributed by atoms with Gasteiger partial charge < -0.3 is 10.6 Å². The van der Waals surface area contributed by atoms with Crippen molar-refractivity contribution >= 4 is 44.7 Å². The minimum Gasteiger partial charge on any atom is -0.308 e. The van der Waals surface area contributed by atoms with Crippen molar-refractivity contribution in [2.24, 2.45) is 0 Å². The Morgan fingerprint density at radius 1 is 1.19 bits per heavy atom. The molecule has 8 heteroatoms. The monoisotopic (exact) mass is 407 g/mol. The number of halogens is 1. The number of nitrogens with one attached hydrogen (secondary N) is 2. The topological polar surface area (TPSA) is 78.5 Å². The van der Waals surface area contributed by atoms with Crippen LogP contribution in [0, 0.1) is 0 Å². The average Bonchev–Trinajstić information content (AvgIpc) is 2.63. The number of nitrogens with zero attached hydrogens (tertiary/aromatic N) is 1. The summed E-state index contributed by atoms with van der Waals surface area (Å²) >= 11 is 6.05. The number of amides is 2. The van der Waals surface area contributed by atoms with Crippen LogP contribution in [0.5, 0.6) is 0 Å². The summed E-state index contributed by atoms with van der Waals surface area (Å²) < 4.78 is 26.4. The van der Waals surface area contributed by atoms with E-state index in [0.717, 1.165) is 18.4 Å². The molecule has 2 amide bonds. The number of aryl methyl sites for hydroxylation is 1. The number of fused-ring (bicyclic) bond motifs is 1. The molecule has 0 radical (unpaired) electrons. The molecule has 2 N–H and O–H groups in total. The molecule has 0 saturated carbocycles. The molecular weight excluding hydrogens is 386 g/mol. The van der Waals surface area contributed by atoms with Crippen LogP contribution in [-0.2, 0) is 16.4 Å². The number of hydrogen-bond donors (Lipinski definition) is 2. The van der Waals surface area contributed by atoms with E-state index in [-0.39, 0.29) is 5.75 Å². The van der Waals surface area contributed by atoms with E-state index in [1.807, 2.05) is 13.0 Å². The zero-order valence-corrected chi connectivity index (χ0v) is 16.6. The lowest BCUT2D eigenvalue weighted by atomic mass is 10.0. The van der Waals surface area contributed by atoms with Crippen LogP contribution in [0.3, 0.4) is 0 Å². The highest BCUT2D eigenvalue weighted by Gasteiger charge is 2.26. The zero-order valence-electron chi connectivity index (χ0n) is 15.0. The third kappa shape index (κ3) is 4.54. The van der Waals surface area contributed by atoms with Crippen molar-refractivity contribution in [2.45, 2.75) is 26.2 Å². The quantitative estimate of drug-likeness (QED) is 0.767. The van der Waals surface area contributed by atoms with E-state index in [4.69, 9.17) is 11.6 Å². The lowest BCUT2D eigenvalue weighted by Crippen LogP contribution is -2.37. The van der Waals surface area contributed by atoms with Crippen LogP contribution >= 0.6 is 11.6 Å². The molecule has 0 bridgehead atoms. The van der Waals surface area contributed by atoms with Crippen molar-refractivity contribution < 1.29 is 13.2 Å². The molecule has 1 aliphatic rings. The summed E-state index contributed by atoms with van der Waals surface area (Å²) in [5, 5.41) is 5.92. The number of carbonyl (C=O) groups is 1. The first-order chi connectivity index (χ1) is 12.9. The van der Waals surface area contributed by atoms with Crippen LogP contribution in [0.15, 0.2) is 42.5 Å². The van der Waals surface area contributed by atoms with Crippen LogP contribution in [0.1, 0.15) is 25.3 Å². The van der Waals surface area contributed by atoms with Crippen molar-refractivity contribution in [1.29, 1.82) is 0 Å². The van der Waals surface area contributed by atoms with Crippen molar-refractivity contribution in [2.75, 3.05) is 27.2 Å². The summed E-state index contributed by atoms with van der Waals surface area (Å²) in [5.74, 6) is 0.132. The van der Waals surface area contributed by atoms with E-state index >= 15 is 0 Å². The number of hydrogen-bond acceptors (Lipinski definition) is 3. The molecule has 2 aromatic rings. The standard InChI is InChI=1S/C19H22ClN3O3S/c1-2-12-27(25,26)23-11-5-6-14-13-15(9-10-18(14)23)21-19(24)22-17-8-4-3-7-16(17)20/h3-4,7-10,13H,2,5-6,11-12H2,1H3,(H2,21,22,24). The van der Waals surface area contributed by atoms with E-state index in [1.54, 1.807) is 36.4 Å². The molecule has 0 saturated heterocycles. The normalized spacial score (nSPS) is 13.8. The number of urea groups is 1. The summed E-state index contributed by atoms with van der Waals surface area (Å²) in [6.45, 7) is 2.35. The van der Waals surface area contributed by atoms with Gasteiger partial charge in [-0.1, -0.05) is 30.7 Å². The van der Waals surface area contributed by atoms with Gasteiger partial charge >= 0.3 is 6.03 Å². The average molecular weight is 408 g/mol. The summed E-state index contributed by atoms with van der Waals surface area (Å²) in [7, 11) is -3.31. The van der Waals surface area contributed by atoms with E-state index < -0.39 is 16.1 Å². The molecule has 2 aromatic carbocycles. The molecule has 0 aromatic heterocycles. The first-order valence-electron chi connectivity index (χ1n) is 8.86. The van der Waals surface area contributed by atoms with Crippen molar-refractivity contribution in [3.05, 3.63) is 53.1 Å². The second-order valence-electron chi connectivity index (χ2n) is 6.39. The summed E-state index contributed by atoms with van der Waals surface area (Å²) in [6.07, 6.45) is 2.11. The molecule has 1 aliphatic heterocycles. The van der Waals surface area contributed by atoms with Crippen LogP contribution in [0.2, 0.25) is 5.02 Å². The fourth-order valence-corrected chi connectivity index (χ4v) is 4.95. The van der Waals surface area contributed by atoms with Gasteiger partial charge in [-0.2, -0.15) is 0 Å². The molecule has 27 heavy (non-hydrogen) atoms. The Hall–Kier alpha value is -2.25. The van der Waals surface area contributed by atoms with E-state index in [0.29, 0.717) is 35.1 Å². The highest BCUT2D eigenvalue weighted by atomic mass is 35.5. The lowest BCUT2D eigenvalue weighted by molar-refractivity contribution is 0.262. The van der Waals surface area contributed by atoms with Crippen molar-refractivity contribution in [3.63, 3.8) is 0 Å². The van der Waals surface area contributed by atoms with Crippen molar-refractivity contribution in [1.82, 2.24) is 0 Å². The number of sulfonamides is 1. The molecule has 144 valence electrons. The maximum atomic E-state index is 12.5. The molecule has 0 unspecified atom stereocenters. The van der Waals surface area contributed by atoms with E-state index in [2.05, 4.69) is 10.6 Å². The minimum atomic E-state index is -3.31. The first-order valence-corrected chi connectivity index (χ1v) is 10.9. The fraction of sp³-hybridized carbons (Fsp3) is 0.316. The molecule has 1 heterocycles. The van der Waals surface area contributed by atoms with Gasteiger partial charge in [0.25, 0.3) is 0 Å². The third-order valence-electron chi connectivity index (χ3n) is 4.33. The van der Waals surface area contributed by atoms with Gasteiger partial charge in [-0.3, -0.25) is 4.31 Å². The van der Waals surface area contributed by atoms with Gasteiger partial charge in [0.15, 0.2) is 0 Å². The van der Waals surface area contributed by atoms with Crippen LogP contribution in [0.25, 0.3) is 0 Å². The van der Waals surface area contributed by atoms with Crippen LogP contribution in [0.4, 0.5) is 21.9 Å². The summed E-state index contributed by atoms with van der Waals surface area (Å²) in [6, 6.07) is 11.9. The predicted molar refractivity (Wildman–Crippen MR) is 110 cm³/mol. The van der Waals surface area contributed by atoms with Crippen LogP contribution in [-0.4, -0.2) is 26.7 Å². The molecule has 3 rings (SSSR count). The Bertz CT molecular complexity index is 947. The molecule has 0 atom stereocenters. The largest absolute Gasteiger partial charge is 0.323 e. The Morgan fingerprint density at radius 2 is 1.96 bits per heavy atom. The second-order valence-corrected chi connectivity index (χ2v) is 8.81. The second kappa shape index (κ2) is 8.19. The molecular formula is C19H22ClN3O3S. The zero-order chi connectivity index (χ0) is 19.4. The van der Waals surface area contributed by atoms with Gasteiger partial charge in [-0.25, -0.2) is 13.2 Å². The number of rotatable bonds is 5. The van der Waals surface area contributed by atoms with E-state index in [9.17, 15) is 13.2 Å². The molecule has 0 fully saturated rings. The Labute approximate surface area is 164 Å². The molecule has 0 spiro atoms. The highest BCUT2D eigenvalue weighted by Crippen LogP contribution is 2.32. The lowest BCUT2D eigenvalue weighted by Gasteiger charge is -2.30. The highest BCUT2D eigenvalue weighted by molar-refractivity contribution is 7.92. The SMILES string of the molecule is CCCS(=O)(=O)N1CCCc2cc(NC(=O)Nc3ccccc3Cl)ccc21. The van der Waals surface area contributed by atoms with Gasteiger partial charge in [0.1, 0.15) is 0 Å². The van der Waals surface area contributed by atoms with Crippen molar-refractivity contribution in [3.8, 4) is 0 Å². The van der Waals surface area contributed by atoms with E-state index in [1.165, 1.54) is 4.31 Å². The first kappa shape index (κ1) is 19.5. The Balaban J connectivity index is 1.76. The third-order valence-corrected chi connectivity index (χ3v) is 6.64. The van der Waals surface area contributed by atoms with Gasteiger partial charge in [-0.05, 0) is 55.2 Å². The van der Waals surface area contributed by atoms with Crippen LogP contribution < -0.4 is 14.9 Å². The van der Waals surface area contributed by atoms with Gasteiger partial charge in [0, 0.05) is 12.2 Å². The fourth-order valence-electron chi connectivity index (χ4n) is 3.14. The Kier molecular flexibility index (Phi) is 5.92. The summed E-state index contributed by atoms with van der Waals surface area (Å²) in [5.41, 5.74) is 2.74. The smallest absolute Gasteiger partial charge is 0.308 e. The maximum Gasteiger partial charge on any atom is 0.323 e. The number of benzene rings is 2. The van der Waals surface area contributed by atoms with Gasteiger partial charge in [0.05, 0.1) is 22.2 Å². The predicted octanol–water partition coefficient (Wildman–Crippen LogP) is 4.48. The minimum absolute atomic E-state index is 0.132. The molecule has 6 nitrogen and oxygen atoms in total. The Morgan fingerprint density at radius 3 is 2.70 bits per heavy atom. The number of carbonyl (C=O) groups excluding carboxylic acids is 1. The number of para-hydroxylation sites is 1. The van der Waals surface area contributed by atoms with Gasteiger partial charge in [-0.15, -0.1) is 0 Å². The molecule has 0 aliphatic carbocycles.